The zero-order valence-corrected chi connectivity index (χ0v) is 31.8. The molecule has 1 aromatic carbocycles. The number of benzene rings is 1. The lowest BCUT2D eigenvalue weighted by atomic mass is 9.86. The van der Waals surface area contributed by atoms with Crippen LogP contribution in [0.1, 0.15) is 101 Å². The molecule has 0 spiro atoms. The number of ether oxygens (including phenoxy) is 2. The van der Waals surface area contributed by atoms with Gasteiger partial charge in [0, 0.05) is 12.5 Å². The van der Waals surface area contributed by atoms with Crippen LogP contribution < -0.4 is 4.74 Å². The third-order valence-corrected chi connectivity index (χ3v) is 18.9. The summed E-state index contributed by atoms with van der Waals surface area (Å²) in [6.07, 6.45) is -0.454. The summed E-state index contributed by atoms with van der Waals surface area (Å²) in [7, 11) is -2.25. The topological polar surface area (TPSA) is 74.2 Å². The van der Waals surface area contributed by atoms with Crippen molar-refractivity contribution >= 4 is 22.4 Å². The van der Waals surface area contributed by atoms with Gasteiger partial charge in [-0.2, -0.15) is 0 Å². The lowest BCUT2D eigenvalue weighted by Gasteiger charge is -2.41. The van der Waals surface area contributed by atoms with Crippen molar-refractivity contribution < 1.29 is 28.2 Å². The van der Waals surface area contributed by atoms with E-state index >= 15 is 0 Å². The highest BCUT2D eigenvalue weighted by molar-refractivity contribution is 6.74. The molecule has 0 saturated carbocycles. The van der Waals surface area contributed by atoms with Crippen LogP contribution in [0, 0.1) is 11.3 Å². The molecule has 43 heavy (non-hydrogen) atoms. The maximum Gasteiger partial charge on any atom is 0.192 e. The Labute approximate surface area is 266 Å². The van der Waals surface area contributed by atoms with Crippen LogP contribution in [0.2, 0.25) is 36.3 Å². The first-order valence-corrected chi connectivity index (χ1v) is 22.0. The normalized spacial score (nSPS) is 16.4. The fourth-order valence-corrected chi connectivity index (χ4v) is 12.2. The van der Waals surface area contributed by atoms with Gasteiger partial charge in [0.05, 0.1) is 25.9 Å². The van der Waals surface area contributed by atoms with E-state index in [-0.39, 0.29) is 36.2 Å². The Morgan fingerprint density at radius 1 is 0.837 bits per heavy atom. The minimum Gasteiger partial charge on any atom is -0.497 e. The lowest BCUT2D eigenvalue weighted by molar-refractivity contribution is -0.144. The Morgan fingerprint density at radius 3 is 1.77 bits per heavy atom. The average molecular weight is 639 g/mol. The highest BCUT2D eigenvalue weighted by atomic mass is 28.4. The number of carbonyl (C=O) groups excluding carboxylic acids is 1. The number of hydrogen-bond donors (Lipinski definition) is 1. The Hall–Kier alpha value is -1.04. The predicted octanol–water partition coefficient (Wildman–Crippen LogP) is 9.16. The van der Waals surface area contributed by atoms with E-state index in [1.54, 1.807) is 7.11 Å². The summed E-state index contributed by atoms with van der Waals surface area (Å²) in [6, 6.07) is 14.0. The molecular formula is C35H66O6Si2. The fraction of sp³-hybridized carbons (Fsp3) is 0.800. The average Bonchev–Trinajstić information content (AvgIpc) is 2.97. The summed E-state index contributed by atoms with van der Waals surface area (Å²) < 4.78 is 25.9. The van der Waals surface area contributed by atoms with Crippen LogP contribution in [0.15, 0.2) is 24.3 Å². The van der Waals surface area contributed by atoms with Crippen LogP contribution in [-0.2, 0) is 25.0 Å². The molecule has 0 bridgehead atoms. The molecular weight excluding hydrogens is 573 g/mol. The molecule has 5 atom stereocenters. The van der Waals surface area contributed by atoms with E-state index in [0.717, 1.165) is 54.0 Å². The van der Waals surface area contributed by atoms with Crippen LogP contribution in [-0.4, -0.2) is 59.1 Å². The highest BCUT2D eigenvalue weighted by Crippen LogP contribution is 2.33. The van der Waals surface area contributed by atoms with Crippen molar-refractivity contribution in [3.63, 3.8) is 0 Å². The van der Waals surface area contributed by atoms with Gasteiger partial charge in [-0.3, -0.25) is 4.79 Å². The first-order chi connectivity index (χ1) is 20.2. The summed E-state index contributed by atoms with van der Waals surface area (Å²) in [6.45, 7) is 24.4. The standard InChI is InChI=1S/C35H66O6Si2/c1-13-42(14-2,15-3)40-28(8)23-27(7)33(41-43(16-4,17-5)18-6)34(32(37)24-30(36)25-35(9,10)11)39-26-29-19-21-31(38-12)22-20-29/h19-22,27-28,30,33-34,36H,13-18,23-26H2,1-12H3/t27-,28-,30?,33+,34+/m1/s1. The number of aliphatic hydroxyl groups is 1. The summed E-state index contributed by atoms with van der Waals surface area (Å²) >= 11 is 0. The van der Waals surface area contributed by atoms with Gasteiger partial charge in [-0.25, -0.2) is 0 Å². The summed E-state index contributed by atoms with van der Waals surface area (Å²) in [4.78, 5) is 14.1. The smallest absolute Gasteiger partial charge is 0.192 e. The van der Waals surface area contributed by atoms with E-state index < -0.39 is 34.9 Å². The van der Waals surface area contributed by atoms with Gasteiger partial charge >= 0.3 is 0 Å². The molecule has 250 valence electrons. The lowest BCUT2D eigenvalue weighted by Crippen LogP contribution is -2.51. The molecule has 1 rings (SSSR count). The molecule has 0 fully saturated rings. The zero-order chi connectivity index (χ0) is 32.8. The largest absolute Gasteiger partial charge is 0.497 e. The second kappa shape index (κ2) is 18.8. The van der Waals surface area contributed by atoms with Crippen molar-refractivity contribution in [2.45, 2.75) is 163 Å². The quantitative estimate of drug-likeness (QED) is 0.128. The summed E-state index contributed by atoms with van der Waals surface area (Å²) in [5, 5.41) is 11.0. The SMILES string of the molecule is CC[Si](CC)(CC)O[C@@H]([C@H](C)C[C@@H](C)O[Si](CC)(CC)CC)[C@@H](OCc1ccc(OC)cc1)C(=O)CC(O)CC(C)(C)C. The van der Waals surface area contributed by atoms with E-state index in [1.807, 2.05) is 24.3 Å². The number of Topliss-reactive ketones (excluding diaryl/α,β-unsaturated/α-hetero) is 1. The molecule has 0 aromatic heterocycles. The van der Waals surface area contributed by atoms with Crippen molar-refractivity contribution in [2.24, 2.45) is 11.3 Å². The van der Waals surface area contributed by atoms with Gasteiger partial charge in [0.1, 0.15) is 11.9 Å². The molecule has 8 heteroatoms. The number of hydrogen-bond acceptors (Lipinski definition) is 6. The van der Waals surface area contributed by atoms with E-state index in [1.165, 1.54) is 0 Å². The minimum atomic E-state index is -2.11. The van der Waals surface area contributed by atoms with E-state index in [4.69, 9.17) is 18.3 Å². The molecule has 0 heterocycles. The van der Waals surface area contributed by atoms with Gasteiger partial charge in [-0.1, -0.05) is 81.4 Å². The second-order valence-corrected chi connectivity index (χ2v) is 23.3. The van der Waals surface area contributed by atoms with E-state index in [9.17, 15) is 9.90 Å². The Morgan fingerprint density at radius 2 is 1.33 bits per heavy atom. The van der Waals surface area contributed by atoms with E-state index in [0.29, 0.717) is 6.42 Å². The third-order valence-electron chi connectivity index (χ3n) is 9.46. The molecule has 1 unspecified atom stereocenters. The van der Waals surface area contributed by atoms with Gasteiger partial charge in [-0.15, -0.1) is 0 Å². The number of ketones is 1. The predicted molar refractivity (Wildman–Crippen MR) is 185 cm³/mol. The molecule has 0 radical (unpaired) electrons. The van der Waals surface area contributed by atoms with Crippen molar-refractivity contribution in [1.82, 2.24) is 0 Å². The summed E-state index contributed by atoms with van der Waals surface area (Å²) in [5.74, 6) is 0.732. The van der Waals surface area contributed by atoms with Crippen LogP contribution in [0.3, 0.4) is 0 Å². The fourth-order valence-electron chi connectivity index (χ4n) is 6.30. The number of aliphatic hydroxyl groups excluding tert-OH is 1. The van der Waals surface area contributed by atoms with Crippen LogP contribution in [0.5, 0.6) is 5.75 Å². The molecule has 6 nitrogen and oxygen atoms in total. The maximum atomic E-state index is 14.1. The van der Waals surface area contributed by atoms with Crippen LogP contribution >= 0.6 is 0 Å². The Balaban J connectivity index is 3.47. The van der Waals surface area contributed by atoms with Crippen molar-refractivity contribution in [3.05, 3.63) is 29.8 Å². The molecule has 0 aliphatic carbocycles. The third kappa shape index (κ3) is 13.1. The molecule has 0 saturated heterocycles. The highest BCUT2D eigenvalue weighted by Gasteiger charge is 2.42. The van der Waals surface area contributed by atoms with Crippen molar-refractivity contribution in [2.75, 3.05) is 7.11 Å². The van der Waals surface area contributed by atoms with Gasteiger partial charge in [0.15, 0.2) is 22.4 Å². The number of methoxy groups -OCH3 is 1. The zero-order valence-electron chi connectivity index (χ0n) is 29.8. The molecule has 0 aliphatic heterocycles. The Kier molecular flexibility index (Phi) is 17.5. The first kappa shape index (κ1) is 40.0. The van der Waals surface area contributed by atoms with Gasteiger partial charge in [-0.05, 0) is 85.1 Å². The number of rotatable bonds is 22. The Bertz CT molecular complexity index is 891. The van der Waals surface area contributed by atoms with Crippen LogP contribution in [0.4, 0.5) is 0 Å². The maximum absolute atomic E-state index is 14.1. The second-order valence-electron chi connectivity index (χ2n) is 13.9. The van der Waals surface area contributed by atoms with Gasteiger partial charge in [0.2, 0.25) is 0 Å². The molecule has 1 N–H and O–H groups in total. The molecule has 0 aliphatic rings. The van der Waals surface area contributed by atoms with Gasteiger partial charge < -0.3 is 23.4 Å². The number of carbonyl (C=O) groups is 1. The molecule has 1 aromatic rings. The molecule has 0 amide bonds. The van der Waals surface area contributed by atoms with Crippen molar-refractivity contribution in [3.8, 4) is 5.75 Å². The first-order valence-electron chi connectivity index (χ1n) is 17.0. The monoisotopic (exact) mass is 638 g/mol. The van der Waals surface area contributed by atoms with E-state index in [2.05, 4.69) is 76.2 Å². The van der Waals surface area contributed by atoms with Crippen LogP contribution in [0.25, 0.3) is 0 Å². The van der Waals surface area contributed by atoms with Crippen molar-refractivity contribution in [1.29, 1.82) is 0 Å². The minimum absolute atomic E-state index is 0.0355. The van der Waals surface area contributed by atoms with Gasteiger partial charge in [0.25, 0.3) is 0 Å². The summed E-state index contributed by atoms with van der Waals surface area (Å²) in [5.41, 5.74) is 0.879.